The lowest BCUT2D eigenvalue weighted by Crippen LogP contribution is -2.50. The van der Waals surface area contributed by atoms with Crippen LogP contribution in [0.5, 0.6) is 5.88 Å². The number of halogens is 4. The number of ether oxygens (including phenoxy) is 3. The molecule has 0 saturated carbocycles. The molecule has 0 aliphatic carbocycles. The first-order valence-corrected chi connectivity index (χ1v) is 17.7. The Kier molecular flexibility index (Phi) is 9.19. The van der Waals surface area contributed by atoms with Gasteiger partial charge < -0.3 is 14.2 Å². The number of alkyl halides is 3. The van der Waals surface area contributed by atoms with Gasteiger partial charge in [-0.15, -0.1) is 10.2 Å². The van der Waals surface area contributed by atoms with Gasteiger partial charge in [-0.05, 0) is 80.1 Å². The van der Waals surface area contributed by atoms with Crippen molar-refractivity contribution < 1.29 is 40.6 Å². The normalized spacial score (nSPS) is 18.4. The van der Waals surface area contributed by atoms with E-state index >= 15 is 0 Å². The van der Waals surface area contributed by atoms with Crippen LogP contribution < -0.4 is 4.74 Å². The number of sulfonamides is 1. The van der Waals surface area contributed by atoms with Crippen molar-refractivity contribution in [2.45, 2.75) is 76.6 Å². The maximum Gasteiger partial charge on any atom is 0.452 e. The summed E-state index contributed by atoms with van der Waals surface area (Å²) < 4.78 is 89.3. The van der Waals surface area contributed by atoms with Gasteiger partial charge in [0.05, 0.1) is 32.3 Å². The first kappa shape index (κ1) is 36.0. The lowest BCUT2D eigenvalue weighted by atomic mass is 9.70. The van der Waals surface area contributed by atoms with Crippen LogP contribution in [0.15, 0.2) is 41.4 Å². The van der Waals surface area contributed by atoms with Crippen molar-refractivity contribution in [3.8, 4) is 5.88 Å². The molecule has 2 aliphatic rings. The number of carbonyl (C=O) groups is 1. The standard InChI is InChI=1S/C34H37ClF3N5O6S/c1-19-7-8-22(26(32(4,5)31(44)47-6)24-9-12-43-28(21(24)3)40-41-30(43)34(36,37)38)16-23(19)17-42-18-33(10-13-48-14-11-33)49-29-25(50(42,45)46)15-20(2)27(35)39-29/h7-9,12,15-16,26H,10-11,13-14,17-18H2,1-6H3/t26-/m1/s1. The van der Waals surface area contributed by atoms with Crippen LogP contribution in [0.2, 0.25) is 5.15 Å². The molecule has 1 fully saturated rings. The van der Waals surface area contributed by atoms with E-state index in [2.05, 4.69) is 15.2 Å². The molecule has 0 radical (unpaired) electrons. The molecule has 50 heavy (non-hydrogen) atoms. The number of pyridine rings is 2. The van der Waals surface area contributed by atoms with Crippen LogP contribution in [-0.4, -0.2) is 70.7 Å². The summed E-state index contributed by atoms with van der Waals surface area (Å²) in [7, 11) is -2.89. The Hall–Kier alpha value is -3.79. The monoisotopic (exact) mass is 735 g/mol. The van der Waals surface area contributed by atoms with Gasteiger partial charge in [0.1, 0.15) is 15.6 Å². The second kappa shape index (κ2) is 12.8. The quantitative estimate of drug-likeness (QED) is 0.169. The first-order chi connectivity index (χ1) is 23.4. The maximum absolute atomic E-state index is 14.4. The van der Waals surface area contributed by atoms with Gasteiger partial charge in [0.15, 0.2) is 5.65 Å². The van der Waals surface area contributed by atoms with E-state index in [1.54, 1.807) is 27.7 Å². The molecule has 1 saturated heterocycles. The molecule has 2 aliphatic heterocycles. The zero-order valence-corrected chi connectivity index (χ0v) is 30.0. The van der Waals surface area contributed by atoms with E-state index in [-0.39, 0.29) is 34.7 Å². The van der Waals surface area contributed by atoms with E-state index in [1.165, 1.54) is 29.7 Å². The average Bonchev–Trinajstić information content (AvgIpc) is 3.48. The number of fused-ring (bicyclic) bond motifs is 2. The predicted octanol–water partition coefficient (Wildman–Crippen LogP) is 6.19. The van der Waals surface area contributed by atoms with Crippen molar-refractivity contribution in [3.05, 3.63) is 80.9 Å². The van der Waals surface area contributed by atoms with Crippen LogP contribution in [0.4, 0.5) is 13.2 Å². The highest BCUT2D eigenvalue weighted by molar-refractivity contribution is 7.89. The van der Waals surface area contributed by atoms with E-state index in [0.29, 0.717) is 53.9 Å². The summed E-state index contributed by atoms with van der Waals surface area (Å²) in [6.45, 7) is 9.28. The first-order valence-electron chi connectivity index (χ1n) is 15.9. The van der Waals surface area contributed by atoms with Crippen molar-refractivity contribution in [1.82, 2.24) is 23.9 Å². The summed E-state index contributed by atoms with van der Waals surface area (Å²) in [5.41, 5.74) is 1.33. The van der Waals surface area contributed by atoms with Crippen LogP contribution >= 0.6 is 11.6 Å². The number of benzene rings is 1. The minimum atomic E-state index is -4.73. The predicted molar refractivity (Wildman–Crippen MR) is 177 cm³/mol. The number of nitrogens with zero attached hydrogens (tertiary/aromatic N) is 5. The number of aryl methyl sites for hydroxylation is 3. The van der Waals surface area contributed by atoms with Crippen molar-refractivity contribution >= 4 is 33.2 Å². The molecule has 0 amide bonds. The molecule has 16 heteroatoms. The Morgan fingerprint density at radius 2 is 1.78 bits per heavy atom. The largest absolute Gasteiger partial charge is 0.469 e. The summed E-state index contributed by atoms with van der Waals surface area (Å²) in [6.07, 6.45) is -2.62. The third-order valence-corrected chi connectivity index (χ3v) is 12.0. The van der Waals surface area contributed by atoms with Crippen molar-refractivity contribution in [2.24, 2.45) is 5.41 Å². The summed E-state index contributed by atoms with van der Waals surface area (Å²) in [6, 6.07) is 8.50. The molecule has 3 aromatic heterocycles. The molecule has 268 valence electrons. The summed E-state index contributed by atoms with van der Waals surface area (Å²) in [5.74, 6) is -2.51. The van der Waals surface area contributed by atoms with E-state index in [1.807, 2.05) is 25.1 Å². The molecular formula is C34H37ClF3N5O6S. The van der Waals surface area contributed by atoms with E-state index in [0.717, 1.165) is 9.96 Å². The Morgan fingerprint density at radius 1 is 1.08 bits per heavy atom. The Bertz CT molecular complexity index is 2100. The van der Waals surface area contributed by atoms with Crippen molar-refractivity contribution in [3.63, 3.8) is 0 Å². The number of rotatable bonds is 6. The fourth-order valence-electron chi connectivity index (χ4n) is 6.94. The molecule has 4 aromatic rings. The second-order valence-electron chi connectivity index (χ2n) is 13.5. The SMILES string of the molecule is COC(=O)C(C)(C)[C@H](c1ccc(C)c(CN2CC3(CCOCC3)Oc3nc(Cl)c(C)cc3S2(=O)=O)c1)c1ccn2c(C(F)(F)F)nnc2c1C. The molecule has 0 N–H and O–H groups in total. The number of aromatic nitrogens is 4. The Labute approximate surface area is 292 Å². The number of esters is 1. The van der Waals surface area contributed by atoms with Crippen LogP contribution in [0, 0.1) is 26.2 Å². The lowest BCUT2D eigenvalue weighted by Gasteiger charge is -2.38. The Balaban J connectivity index is 1.48. The summed E-state index contributed by atoms with van der Waals surface area (Å²) in [5, 5.41) is 7.38. The minimum Gasteiger partial charge on any atom is -0.469 e. The highest BCUT2D eigenvalue weighted by Crippen LogP contribution is 2.45. The van der Waals surface area contributed by atoms with Gasteiger partial charge in [0.25, 0.3) is 0 Å². The maximum atomic E-state index is 14.4. The third kappa shape index (κ3) is 6.22. The fraction of sp³-hybridized carbons (Fsp3) is 0.471. The topological polar surface area (TPSA) is 125 Å². The number of hydrogen-bond donors (Lipinski definition) is 0. The molecule has 1 atom stereocenters. The lowest BCUT2D eigenvalue weighted by molar-refractivity contribution is -0.151. The zero-order valence-electron chi connectivity index (χ0n) is 28.4. The minimum absolute atomic E-state index is 0.00656. The molecule has 6 rings (SSSR count). The highest BCUT2D eigenvalue weighted by Gasteiger charge is 2.47. The fourth-order valence-corrected chi connectivity index (χ4v) is 8.69. The van der Waals surface area contributed by atoms with Crippen LogP contribution in [-0.2, 0) is 37.0 Å². The highest BCUT2D eigenvalue weighted by atomic mass is 35.5. The number of hydrogen-bond acceptors (Lipinski definition) is 9. The van der Waals surface area contributed by atoms with Crippen LogP contribution in [0.1, 0.15) is 71.8 Å². The molecule has 1 aromatic carbocycles. The van der Waals surface area contributed by atoms with Crippen molar-refractivity contribution in [2.75, 3.05) is 26.9 Å². The van der Waals surface area contributed by atoms with Gasteiger partial charge in [-0.3, -0.25) is 9.20 Å². The number of carbonyl (C=O) groups excluding carboxylic acids is 1. The van der Waals surface area contributed by atoms with E-state index in [9.17, 15) is 26.4 Å². The van der Waals surface area contributed by atoms with Gasteiger partial charge in [-0.2, -0.15) is 17.5 Å². The summed E-state index contributed by atoms with van der Waals surface area (Å²) in [4.78, 5) is 17.6. The smallest absolute Gasteiger partial charge is 0.452 e. The van der Waals surface area contributed by atoms with E-state index in [4.69, 9.17) is 25.8 Å². The van der Waals surface area contributed by atoms with E-state index < -0.39 is 44.9 Å². The zero-order chi connectivity index (χ0) is 36.4. The third-order valence-electron chi connectivity index (χ3n) is 9.80. The van der Waals surface area contributed by atoms with Crippen molar-refractivity contribution in [1.29, 1.82) is 0 Å². The van der Waals surface area contributed by atoms with Crippen LogP contribution in [0.25, 0.3) is 5.65 Å². The second-order valence-corrected chi connectivity index (χ2v) is 15.8. The van der Waals surface area contributed by atoms with Gasteiger partial charge in [0, 0.05) is 31.5 Å². The van der Waals surface area contributed by atoms with Gasteiger partial charge in [-0.1, -0.05) is 29.8 Å². The molecule has 11 nitrogen and oxygen atoms in total. The van der Waals surface area contributed by atoms with Crippen LogP contribution in [0.3, 0.4) is 0 Å². The average molecular weight is 736 g/mol. The molecule has 1 spiro atoms. The van der Waals surface area contributed by atoms with Gasteiger partial charge in [-0.25, -0.2) is 13.4 Å². The molecule has 5 heterocycles. The molecule has 0 unspecified atom stereocenters. The number of methoxy groups -OCH3 is 1. The molecule has 0 bridgehead atoms. The Morgan fingerprint density at radius 3 is 2.44 bits per heavy atom. The van der Waals surface area contributed by atoms with Gasteiger partial charge in [0.2, 0.25) is 21.7 Å². The summed E-state index contributed by atoms with van der Waals surface area (Å²) >= 11 is 6.32. The molecular weight excluding hydrogens is 699 g/mol. The van der Waals surface area contributed by atoms with Gasteiger partial charge >= 0.3 is 12.1 Å².